The standard InChI is InChI=1S/C19H20N2O2/c1-12-9-16-17(10-13(12)2)21(19(23)14(3)20-16)11-18(22)15-7-5-4-6-8-15/h4-10,14,20H,11H2,1-3H3. The molecule has 1 atom stereocenters. The van der Waals surface area contributed by atoms with Crippen LogP contribution in [-0.2, 0) is 4.79 Å². The maximum absolute atomic E-state index is 12.6. The summed E-state index contributed by atoms with van der Waals surface area (Å²) in [4.78, 5) is 26.7. The predicted molar refractivity (Wildman–Crippen MR) is 92.1 cm³/mol. The lowest BCUT2D eigenvalue weighted by Crippen LogP contribution is -2.47. The van der Waals surface area contributed by atoms with Crippen LogP contribution in [0, 0.1) is 13.8 Å². The van der Waals surface area contributed by atoms with Crippen LogP contribution in [0.15, 0.2) is 42.5 Å². The van der Waals surface area contributed by atoms with E-state index < -0.39 is 0 Å². The lowest BCUT2D eigenvalue weighted by molar-refractivity contribution is -0.119. The Labute approximate surface area is 136 Å². The Bertz CT molecular complexity index is 768. The Kier molecular flexibility index (Phi) is 3.90. The molecule has 0 saturated carbocycles. The molecule has 23 heavy (non-hydrogen) atoms. The van der Waals surface area contributed by atoms with Crippen LogP contribution in [0.2, 0.25) is 0 Å². The molecule has 2 aromatic carbocycles. The number of nitrogens with zero attached hydrogens (tertiary/aromatic N) is 1. The minimum atomic E-state index is -0.340. The first-order valence-electron chi connectivity index (χ1n) is 7.75. The van der Waals surface area contributed by atoms with Crippen molar-refractivity contribution in [1.29, 1.82) is 0 Å². The zero-order valence-electron chi connectivity index (χ0n) is 13.6. The summed E-state index contributed by atoms with van der Waals surface area (Å²) in [5, 5.41) is 3.22. The van der Waals surface area contributed by atoms with Crippen molar-refractivity contribution in [2.24, 2.45) is 0 Å². The molecule has 1 aliphatic rings. The maximum atomic E-state index is 12.6. The first-order valence-corrected chi connectivity index (χ1v) is 7.75. The van der Waals surface area contributed by atoms with Crippen molar-refractivity contribution >= 4 is 23.1 Å². The molecule has 0 aliphatic carbocycles. The lowest BCUT2D eigenvalue weighted by atomic mass is 10.0. The monoisotopic (exact) mass is 308 g/mol. The summed E-state index contributed by atoms with van der Waals surface area (Å²) < 4.78 is 0. The number of carbonyl (C=O) groups excluding carboxylic acids is 2. The van der Waals surface area contributed by atoms with E-state index >= 15 is 0 Å². The highest BCUT2D eigenvalue weighted by Gasteiger charge is 2.31. The van der Waals surface area contributed by atoms with E-state index in [4.69, 9.17) is 0 Å². The second-order valence-corrected chi connectivity index (χ2v) is 6.03. The molecule has 1 unspecified atom stereocenters. The number of hydrogen-bond donors (Lipinski definition) is 1. The number of amides is 1. The van der Waals surface area contributed by atoms with E-state index in [0.717, 1.165) is 22.5 Å². The summed E-state index contributed by atoms with van der Waals surface area (Å²) in [7, 11) is 0. The lowest BCUT2D eigenvalue weighted by Gasteiger charge is -2.34. The average molecular weight is 308 g/mol. The van der Waals surface area contributed by atoms with Crippen molar-refractivity contribution in [1.82, 2.24) is 0 Å². The van der Waals surface area contributed by atoms with Crippen LogP contribution in [0.5, 0.6) is 0 Å². The first-order chi connectivity index (χ1) is 11.0. The van der Waals surface area contributed by atoms with E-state index in [1.807, 2.05) is 51.1 Å². The van der Waals surface area contributed by atoms with Crippen LogP contribution in [0.25, 0.3) is 0 Å². The van der Waals surface area contributed by atoms with Gasteiger partial charge >= 0.3 is 0 Å². The molecule has 4 heteroatoms. The molecule has 0 bridgehead atoms. The Morgan fingerprint density at radius 3 is 2.48 bits per heavy atom. The molecule has 0 aromatic heterocycles. The molecule has 118 valence electrons. The third-order valence-corrected chi connectivity index (χ3v) is 4.31. The molecule has 3 rings (SSSR count). The van der Waals surface area contributed by atoms with Crippen molar-refractivity contribution in [2.75, 3.05) is 16.8 Å². The van der Waals surface area contributed by atoms with Gasteiger partial charge in [0.1, 0.15) is 6.04 Å². The largest absolute Gasteiger partial charge is 0.372 e. The summed E-state index contributed by atoms with van der Waals surface area (Å²) >= 11 is 0. The molecule has 0 radical (unpaired) electrons. The van der Waals surface area contributed by atoms with Gasteiger partial charge in [-0.05, 0) is 44.0 Å². The highest BCUT2D eigenvalue weighted by molar-refractivity contribution is 6.10. The molecular formula is C19H20N2O2. The molecule has 0 saturated heterocycles. The van der Waals surface area contributed by atoms with Gasteiger partial charge < -0.3 is 10.2 Å². The first kappa shape index (κ1) is 15.3. The van der Waals surface area contributed by atoms with Crippen LogP contribution in [0.4, 0.5) is 11.4 Å². The number of Topliss-reactive ketones (excluding diaryl/α,β-unsaturated/α-hetero) is 1. The number of hydrogen-bond acceptors (Lipinski definition) is 3. The number of ketones is 1. The second kappa shape index (κ2) is 5.88. The number of fused-ring (bicyclic) bond motifs is 1. The minimum Gasteiger partial charge on any atom is -0.372 e. The number of benzene rings is 2. The van der Waals surface area contributed by atoms with E-state index in [1.54, 1.807) is 17.0 Å². The maximum Gasteiger partial charge on any atom is 0.249 e. The van der Waals surface area contributed by atoms with Gasteiger partial charge in [0.2, 0.25) is 5.91 Å². The fraction of sp³-hybridized carbons (Fsp3) is 0.263. The summed E-state index contributed by atoms with van der Waals surface area (Å²) in [5.74, 6) is -0.137. The molecule has 1 N–H and O–H groups in total. The Balaban J connectivity index is 1.97. The van der Waals surface area contributed by atoms with Gasteiger partial charge in [-0.3, -0.25) is 9.59 Å². The zero-order chi connectivity index (χ0) is 16.6. The van der Waals surface area contributed by atoms with Crippen LogP contribution >= 0.6 is 0 Å². The number of anilines is 2. The van der Waals surface area contributed by atoms with Crippen molar-refractivity contribution < 1.29 is 9.59 Å². The van der Waals surface area contributed by atoms with Crippen molar-refractivity contribution in [3.8, 4) is 0 Å². The number of aryl methyl sites for hydroxylation is 2. The van der Waals surface area contributed by atoms with Gasteiger partial charge in [-0.2, -0.15) is 0 Å². The number of nitrogens with one attached hydrogen (secondary N) is 1. The molecule has 1 aliphatic heterocycles. The van der Waals surface area contributed by atoms with E-state index in [1.165, 1.54) is 0 Å². The van der Waals surface area contributed by atoms with Gasteiger partial charge in [-0.25, -0.2) is 0 Å². The zero-order valence-corrected chi connectivity index (χ0v) is 13.6. The highest BCUT2D eigenvalue weighted by Crippen LogP contribution is 2.34. The Morgan fingerprint density at radius 2 is 1.78 bits per heavy atom. The van der Waals surface area contributed by atoms with Gasteiger partial charge in [-0.15, -0.1) is 0 Å². The van der Waals surface area contributed by atoms with Crippen molar-refractivity contribution in [3.63, 3.8) is 0 Å². The minimum absolute atomic E-state index is 0.0581. The third kappa shape index (κ3) is 2.84. The van der Waals surface area contributed by atoms with E-state index in [2.05, 4.69) is 5.32 Å². The van der Waals surface area contributed by atoms with Crippen LogP contribution in [-0.4, -0.2) is 24.3 Å². The number of rotatable bonds is 3. The van der Waals surface area contributed by atoms with E-state index in [0.29, 0.717) is 5.56 Å². The van der Waals surface area contributed by atoms with Gasteiger partial charge in [0.25, 0.3) is 0 Å². The Hall–Kier alpha value is -2.62. The average Bonchev–Trinajstić information content (AvgIpc) is 2.54. The van der Waals surface area contributed by atoms with Gasteiger partial charge in [-0.1, -0.05) is 30.3 Å². The molecule has 0 spiro atoms. The molecule has 2 aromatic rings. The molecule has 1 amide bonds. The van der Waals surface area contributed by atoms with Crippen LogP contribution in [0.3, 0.4) is 0 Å². The van der Waals surface area contributed by atoms with E-state index in [9.17, 15) is 9.59 Å². The summed E-state index contributed by atoms with van der Waals surface area (Å²) in [6, 6.07) is 12.8. The van der Waals surface area contributed by atoms with Gasteiger partial charge in [0, 0.05) is 5.56 Å². The third-order valence-electron chi connectivity index (χ3n) is 4.31. The summed E-state index contributed by atoms with van der Waals surface area (Å²) in [6.07, 6.45) is 0. The topological polar surface area (TPSA) is 49.4 Å². The molecular weight excluding hydrogens is 288 g/mol. The van der Waals surface area contributed by atoms with E-state index in [-0.39, 0.29) is 24.3 Å². The van der Waals surface area contributed by atoms with Crippen LogP contribution in [0.1, 0.15) is 28.4 Å². The number of carbonyl (C=O) groups is 2. The SMILES string of the molecule is Cc1cc2c(cc1C)N(CC(=O)c1ccccc1)C(=O)C(C)N2. The molecule has 1 heterocycles. The predicted octanol–water partition coefficient (Wildman–Crippen LogP) is 3.33. The van der Waals surface area contributed by atoms with Gasteiger partial charge in [0.15, 0.2) is 5.78 Å². The second-order valence-electron chi connectivity index (χ2n) is 6.03. The van der Waals surface area contributed by atoms with Crippen LogP contribution < -0.4 is 10.2 Å². The normalized spacial score (nSPS) is 16.7. The summed E-state index contributed by atoms with van der Waals surface area (Å²) in [6.45, 7) is 5.93. The molecule has 0 fully saturated rings. The smallest absolute Gasteiger partial charge is 0.249 e. The van der Waals surface area contributed by atoms with Crippen molar-refractivity contribution in [2.45, 2.75) is 26.8 Å². The van der Waals surface area contributed by atoms with Crippen molar-refractivity contribution in [3.05, 3.63) is 59.2 Å². The Morgan fingerprint density at radius 1 is 1.13 bits per heavy atom. The summed E-state index contributed by atoms with van der Waals surface area (Å²) in [5.41, 5.74) is 4.57. The fourth-order valence-electron chi connectivity index (χ4n) is 2.81. The fourth-order valence-corrected chi connectivity index (χ4v) is 2.81. The molecule has 4 nitrogen and oxygen atoms in total. The quantitative estimate of drug-likeness (QED) is 0.885. The highest BCUT2D eigenvalue weighted by atomic mass is 16.2. The van der Waals surface area contributed by atoms with Gasteiger partial charge in [0.05, 0.1) is 17.9 Å².